The maximum absolute atomic E-state index is 13.0. The number of hydrogen-bond acceptors (Lipinski definition) is 5. The number of carbonyl (C=O) groups excluding carboxylic acids is 2. The van der Waals surface area contributed by atoms with Crippen LogP contribution in [0.4, 0.5) is 4.79 Å². The molecule has 2 aromatic rings. The summed E-state index contributed by atoms with van der Waals surface area (Å²) in [4.78, 5) is 40.1. The molecule has 8 heteroatoms. The lowest BCUT2D eigenvalue weighted by molar-refractivity contribution is -0.139. The van der Waals surface area contributed by atoms with Gasteiger partial charge < -0.3 is 20.1 Å². The molecule has 1 fully saturated rings. The molecule has 2 aromatic carbocycles. The highest BCUT2D eigenvalue weighted by Gasteiger charge is 2.31. The van der Waals surface area contributed by atoms with E-state index >= 15 is 0 Å². The summed E-state index contributed by atoms with van der Waals surface area (Å²) in [7, 11) is 0. The zero-order valence-electron chi connectivity index (χ0n) is 19.4. The van der Waals surface area contributed by atoms with Crippen LogP contribution >= 0.6 is 0 Å². The van der Waals surface area contributed by atoms with Crippen molar-refractivity contribution in [1.82, 2.24) is 15.1 Å². The highest BCUT2D eigenvalue weighted by atomic mass is 16.5. The summed E-state index contributed by atoms with van der Waals surface area (Å²) < 4.78 is 5.60. The molecule has 0 radical (unpaired) electrons. The molecular formula is C26H31N3O5. The summed E-state index contributed by atoms with van der Waals surface area (Å²) in [5.74, 6) is -0.987. The Morgan fingerprint density at radius 1 is 1.00 bits per heavy atom. The first kappa shape index (κ1) is 23.8. The van der Waals surface area contributed by atoms with Crippen LogP contribution < -0.4 is 5.32 Å². The molecule has 8 nitrogen and oxygen atoms in total. The minimum Gasteiger partial charge on any atom is -0.481 e. The summed E-state index contributed by atoms with van der Waals surface area (Å²) in [6.45, 7) is 4.82. The molecule has 0 unspecified atom stereocenters. The van der Waals surface area contributed by atoms with Crippen molar-refractivity contribution in [1.29, 1.82) is 0 Å². The van der Waals surface area contributed by atoms with Crippen LogP contribution in [0, 0.1) is 0 Å². The lowest BCUT2D eigenvalue weighted by atomic mass is 9.98. The largest absolute Gasteiger partial charge is 0.481 e. The van der Waals surface area contributed by atoms with Crippen LogP contribution in [0.25, 0.3) is 11.1 Å². The number of benzene rings is 2. The Balaban J connectivity index is 1.30. The van der Waals surface area contributed by atoms with E-state index in [0.29, 0.717) is 39.1 Å². The number of nitrogens with zero attached hydrogens (tertiary/aromatic N) is 2. The maximum atomic E-state index is 13.0. The molecule has 180 valence electrons. The van der Waals surface area contributed by atoms with Crippen LogP contribution in [0.2, 0.25) is 0 Å². The molecule has 34 heavy (non-hydrogen) atoms. The Labute approximate surface area is 199 Å². The van der Waals surface area contributed by atoms with E-state index in [1.807, 2.05) is 36.1 Å². The van der Waals surface area contributed by atoms with Crippen molar-refractivity contribution in [2.45, 2.75) is 31.7 Å². The lowest BCUT2D eigenvalue weighted by Gasteiger charge is -2.36. The van der Waals surface area contributed by atoms with Crippen molar-refractivity contribution >= 4 is 18.0 Å². The number of carboxylic acids is 1. The van der Waals surface area contributed by atoms with E-state index in [4.69, 9.17) is 9.84 Å². The van der Waals surface area contributed by atoms with Crippen molar-refractivity contribution in [2.75, 3.05) is 39.3 Å². The highest BCUT2D eigenvalue weighted by molar-refractivity contribution is 5.86. The monoisotopic (exact) mass is 465 g/mol. The zero-order valence-corrected chi connectivity index (χ0v) is 19.4. The van der Waals surface area contributed by atoms with Gasteiger partial charge in [-0.2, -0.15) is 0 Å². The number of carbonyl (C=O) groups is 3. The number of nitrogens with one attached hydrogen (secondary N) is 1. The number of ether oxygens (including phenoxy) is 1. The molecule has 0 saturated carbocycles. The third-order valence-corrected chi connectivity index (χ3v) is 6.67. The van der Waals surface area contributed by atoms with Gasteiger partial charge in [0.2, 0.25) is 5.91 Å². The van der Waals surface area contributed by atoms with E-state index in [1.165, 1.54) is 0 Å². The van der Waals surface area contributed by atoms with Gasteiger partial charge in [-0.3, -0.25) is 14.5 Å². The number of piperazine rings is 1. The average molecular weight is 466 g/mol. The average Bonchev–Trinajstić information content (AvgIpc) is 3.18. The topological polar surface area (TPSA) is 99.2 Å². The first-order valence-corrected chi connectivity index (χ1v) is 11.8. The van der Waals surface area contributed by atoms with Crippen LogP contribution in [0.3, 0.4) is 0 Å². The Kier molecular flexibility index (Phi) is 7.47. The van der Waals surface area contributed by atoms with Crippen LogP contribution in [-0.4, -0.2) is 78.2 Å². The molecule has 1 aliphatic carbocycles. The molecule has 2 amide bonds. The van der Waals surface area contributed by atoms with Crippen LogP contribution in [0.5, 0.6) is 0 Å². The zero-order chi connectivity index (χ0) is 24.1. The summed E-state index contributed by atoms with van der Waals surface area (Å²) in [6, 6.07) is 15.6. The fourth-order valence-electron chi connectivity index (χ4n) is 4.79. The normalized spacial score (nSPS) is 16.4. The Bertz CT molecular complexity index is 1000. The Morgan fingerprint density at radius 2 is 1.59 bits per heavy atom. The SMILES string of the molecule is CC[C@H](NC(=O)OCC1c2ccccc2-c2ccccc21)C(=O)N1CCN(CCC(=O)O)CC1. The molecule has 1 atom stereocenters. The van der Waals surface area contributed by atoms with Gasteiger partial charge in [0.1, 0.15) is 12.6 Å². The third-order valence-electron chi connectivity index (χ3n) is 6.67. The van der Waals surface area contributed by atoms with Crippen molar-refractivity contribution < 1.29 is 24.2 Å². The first-order valence-electron chi connectivity index (χ1n) is 11.8. The van der Waals surface area contributed by atoms with Gasteiger partial charge in [-0.05, 0) is 28.7 Å². The second-order valence-electron chi connectivity index (χ2n) is 8.74. The third kappa shape index (κ3) is 5.22. The van der Waals surface area contributed by atoms with Gasteiger partial charge in [0.05, 0.1) is 6.42 Å². The quantitative estimate of drug-likeness (QED) is 0.622. The fraction of sp³-hybridized carbons (Fsp3) is 0.423. The lowest BCUT2D eigenvalue weighted by Crippen LogP contribution is -2.55. The van der Waals surface area contributed by atoms with Crippen LogP contribution in [0.1, 0.15) is 36.8 Å². The second-order valence-corrected chi connectivity index (χ2v) is 8.74. The van der Waals surface area contributed by atoms with Crippen molar-refractivity contribution in [3.05, 3.63) is 59.7 Å². The Hall–Kier alpha value is -3.39. The number of hydrogen-bond donors (Lipinski definition) is 2. The minimum atomic E-state index is -0.822. The summed E-state index contributed by atoms with van der Waals surface area (Å²) >= 11 is 0. The van der Waals surface area contributed by atoms with E-state index in [2.05, 4.69) is 29.6 Å². The number of alkyl carbamates (subject to hydrolysis) is 1. The maximum Gasteiger partial charge on any atom is 0.407 e. The standard InChI is InChI=1S/C26H31N3O5/c1-2-23(25(32)29-15-13-28(14-16-29)12-11-24(30)31)27-26(33)34-17-22-20-9-5-3-7-18(20)19-8-4-6-10-21(19)22/h3-10,22-23H,2,11-17H2,1H3,(H,27,33)(H,30,31)/t23-/m0/s1. The van der Waals surface area contributed by atoms with Crippen LogP contribution in [0.15, 0.2) is 48.5 Å². The van der Waals surface area contributed by atoms with E-state index in [9.17, 15) is 14.4 Å². The fourth-order valence-corrected chi connectivity index (χ4v) is 4.79. The van der Waals surface area contributed by atoms with Crippen molar-refractivity contribution in [3.8, 4) is 11.1 Å². The number of amides is 2. The number of aliphatic carboxylic acids is 1. The van der Waals surface area contributed by atoms with E-state index in [1.54, 1.807) is 4.90 Å². The van der Waals surface area contributed by atoms with Gasteiger partial charge in [-0.25, -0.2) is 4.79 Å². The van der Waals surface area contributed by atoms with E-state index in [-0.39, 0.29) is 24.9 Å². The summed E-state index contributed by atoms with van der Waals surface area (Å²) in [5.41, 5.74) is 4.60. The Morgan fingerprint density at radius 3 is 2.15 bits per heavy atom. The molecular weight excluding hydrogens is 434 g/mol. The molecule has 1 saturated heterocycles. The second kappa shape index (κ2) is 10.7. The minimum absolute atomic E-state index is 0.0344. The molecule has 1 heterocycles. The number of fused-ring (bicyclic) bond motifs is 3. The van der Waals surface area contributed by atoms with Gasteiger partial charge in [-0.15, -0.1) is 0 Å². The first-order chi connectivity index (χ1) is 16.5. The number of rotatable bonds is 8. The van der Waals surface area contributed by atoms with Crippen molar-refractivity contribution in [2.24, 2.45) is 0 Å². The van der Waals surface area contributed by atoms with Gasteiger partial charge >= 0.3 is 12.1 Å². The molecule has 2 aliphatic rings. The van der Waals surface area contributed by atoms with Gasteiger partial charge in [0.25, 0.3) is 0 Å². The summed E-state index contributed by atoms with van der Waals surface area (Å²) in [6.07, 6.45) is -0.0425. The van der Waals surface area contributed by atoms with Gasteiger partial charge in [0.15, 0.2) is 0 Å². The molecule has 0 bridgehead atoms. The predicted octanol–water partition coefficient (Wildman–Crippen LogP) is 2.92. The molecule has 0 aromatic heterocycles. The van der Waals surface area contributed by atoms with E-state index < -0.39 is 18.1 Å². The van der Waals surface area contributed by atoms with Gasteiger partial charge in [-0.1, -0.05) is 55.5 Å². The van der Waals surface area contributed by atoms with Crippen LogP contribution in [-0.2, 0) is 14.3 Å². The number of carboxylic acid groups (broad SMARTS) is 1. The smallest absolute Gasteiger partial charge is 0.407 e. The molecule has 0 spiro atoms. The van der Waals surface area contributed by atoms with E-state index in [0.717, 1.165) is 22.3 Å². The highest BCUT2D eigenvalue weighted by Crippen LogP contribution is 2.44. The molecule has 4 rings (SSSR count). The van der Waals surface area contributed by atoms with Gasteiger partial charge in [0, 0.05) is 38.6 Å². The molecule has 1 aliphatic heterocycles. The summed E-state index contributed by atoms with van der Waals surface area (Å²) in [5, 5.41) is 11.6. The molecule has 2 N–H and O–H groups in total. The van der Waals surface area contributed by atoms with Crippen molar-refractivity contribution in [3.63, 3.8) is 0 Å². The predicted molar refractivity (Wildman–Crippen MR) is 128 cm³/mol.